The van der Waals surface area contributed by atoms with Crippen LogP contribution in [0.5, 0.6) is 5.75 Å². The second kappa shape index (κ2) is 10.3. The lowest BCUT2D eigenvalue weighted by atomic mass is 10.0. The van der Waals surface area contributed by atoms with E-state index in [9.17, 15) is 18.0 Å². The number of rotatable bonds is 5. The zero-order valence-corrected chi connectivity index (χ0v) is 18.4. The van der Waals surface area contributed by atoms with Crippen LogP contribution in [0.2, 0.25) is 5.02 Å². The van der Waals surface area contributed by atoms with Crippen LogP contribution in [0, 0.1) is 0 Å². The van der Waals surface area contributed by atoms with Crippen molar-refractivity contribution in [3.8, 4) is 5.75 Å². The molecule has 1 heterocycles. The van der Waals surface area contributed by atoms with Crippen LogP contribution in [0.15, 0.2) is 54.6 Å². The van der Waals surface area contributed by atoms with Gasteiger partial charge in [-0.3, -0.25) is 4.79 Å². The highest BCUT2D eigenvalue weighted by Crippen LogP contribution is 2.31. The number of allylic oxidation sites excluding steroid dienone is 2. The third kappa shape index (κ3) is 6.31. The van der Waals surface area contributed by atoms with Crippen molar-refractivity contribution in [2.45, 2.75) is 6.18 Å². The molecule has 0 bridgehead atoms. The van der Waals surface area contributed by atoms with Crippen molar-refractivity contribution in [1.82, 2.24) is 4.90 Å². The third-order valence-corrected chi connectivity index (χ3v) is 6.02. The number of ether oxygens (including phenoxy) is 1. The summed E-state index contributed by atoms with van der Waals surface area (Å²) in [5.41, 5.74) is 1.18. The third-order valence-electron chi connectivity index (χ3n) is 4.78. The Kier molecular flexibility index (Phi) is 7.73. The molecule has 3 nitrogen and oxygen atoms in total. The number of alkyl halides is 3. The van der Waals surface area contributed by atoms with Gasteiger partial charge < -0.3 is 9.64 Å². The van der Waals surface area contributed by atoms with Crippen molar-refractivity contribution >= 4 is 40.9 Å². The first-order valence-electron chi connectivity index (χ1n) is 9.55. The second-order valence-corrected chi connectivity index (χ2v) is 8.47. The first-order valence-corrected chi connectivity index (χ1v) is 11.1. The lowest BCUT2D eigenvalue weighted by molar-refractivity contribution is -0.137. The minimum atomic E-state index is -4.38. The van der Waals surface area contributed by atoms with Crippen molar-refractivity contribution in [2.24, 2.45) is 0 Å². The molecular formula is C23H21ClF3NO2S. The first-order chi connectivity index (χ1) is 14.8. The van der Waals surface area contributed by atoms with Crippen LogP contribution in [-0.4, -0.2) is 42.5 Å². The molecule has 31 heavy (non-hydrogen) atoms. The predicted octanol–water partition coefficient (Wildman–Crippen LogP) is 6.04. The lowest BCUT2D eigenvalue weighted by Crippen LogP contribution is -2.36. The quantitative estimate of drug-likeness (QED) is 0.396. The van der Waals surface area contributed by atoms with E-state index in [0.717, 1.165) is 23.6 Å². The van der Waals surface area contributed by atoms with Gasteiger partial charge in [0.2, 0.25) is 5.91 Å². The van der Waals surface area contributed by atoms with Crippen molar-refractivity contribution in [3.63, 3.8) is 0 Å². The monoisotopic (exact) mass is 467 g/mol. The molecule has 0 spiro atoms. The molecule has 0 N–H and O–H groups in total. The molecule has 0 aromatic heterocycles. The topological polar surface area (TPSA) is 29.5 Å². The van der Waals surface area contributed by atoms with E-state index in [2.05, 4.69) is 0 Å². The second-order valence-electron chi connectivity index (χ2n) is 6.84. The van der Waals surface area contributed by atoms with Gasteiger partial charge in [-0.15, -0.1) is 0 Å². The first kappa shape index (κ1) is 23.3. The molecule has 0 atom stereocenters. The fraction of sp³-hybridized carbons (Fsp3) is 0.261. The van der Waals surface area contributed by atoms with Gasteiger partial charge in [0, 0.05) is 30.7 Å². The summed E-state index contributed by atoms with van der Waals surface area (Å²) in [6, 6.07) is 10.0. The number of carbonyl (C=O) groups is 1. The van der Waals surface area contributed by atoms with E-state index in [-0.39, 0.29) is 5.91 Å². The average Bonchev–Trinajstić information content (AvgIpc) is 2.76. The summed E-state index contributed by atoms with van der Waals surface area (Å²) in [6.45, 7) is 1.36. The molecule has 0 saturated carbocycles. The molecule has 1 amide bonds. The molecule has 1 aliphatic heterocycles. The Labute approximate surface area is 188 Å². The Hall–Kier alpha value is -2.38. The number of methoxy groups -OCH3 is 1. The number of halogens is 4. The lowest BCUT2D eigenvalue weighted by Gasteiger charge is -2.25. The standard InChI is InChI=1S/C23H21ClF3NO2S/c1-30-21-9-6-17(14-20(21)24)18(15-22(29)28-10-12-31-13-11-28)5-2-16-3-7-19(8-4-16)23(25,26)27/h2-9,14-15H,10-13H2,1H3. The summed E-state index contributed by atoms with van der Waals surface area (Å²) in [6.07, 6.45) is 0.530. The highest BCUT2D eigenvalue weighted by atomic mass is 35.5. The minimum absolute atomic E-state index is 0.112. The highest BCUT2D eigenvalue weighted by molar-refractivity contribution is 7.99. The maximum atomic E-state index is 12.8. The fourth-order valence-corrected chi connectivity index (χ4v) is 4.21. The van der Waals surface area contributed by atoms with Gasteiger partial charge in [-0.25, -0.2) is 0 Å². The smallest absolute Gasteiger partial charge is 0.416 e. The normalized spacial score (nSPS) is 15.4. The van der Waals surface area contributed by atoms with E-state index in [1.165, 1.54) is 25.3 Å². The molecular weight excluding hydrogens is 447 g/mol. The largest absolute Gasteiger partial charge is 0.495 e. The van der Waals surface area contributed by atoms with Crippen LogP contribution in [0.25, 0.3) is 11.6 Å². The van der Waals surface area contributed by atoms with E-state index < -0.39 is 11.7 Å². The number of benzene rings is 2. The van der Waals surface area contributed by atoms with Gasteiger partial charge in [-0.2, -0.15) is 24.9 Å². The van der Waals surface area contributed by atoms with Gasteiger partial charge in [0.25, 0.3) is 0 Å². The summed E-state index contributed by atoms with van der Waals surface area (Å²) in [5.74, 6) is 2.19. The number of carbonyl (C=O) groups excluding carboxylic acids is 1. The van der Waals surface area contributed by atoms with E-state index in [4.69, 9.17) is 16.3 Å². The summed E-state index contributed by atoms with van der Waals surface area (Å²) in [7, 11) is 1.51. The zero-order valence-electron chi connectivity index (χ0n) is 16.8. The number of hydrogen-bond donors (Lipinski definition) is 0. The molecule has 3 rings (SSSR count). The molecule has 1 fully saturated rings. The summed E-state index contributed by atoms with van der Waals surface area (Å²) < 4.78 is 43.5. The molecule has 0 radical (unpaired) electrons. The molecule has 2 aromatic carbocycles. The molecule has 2 aromatic rings. The zero-order chi connectivity index (χ0) is 22.4. The maximum absolute atomic E-state index is 12.8. The molecule has 1 aliphatic rings. The highest BCUT2D eigenvalue weighted by Gasteiger charge is 2.29. The summed E-state index contributed by atoms with van der Waals surface area (Å²) in [4.78, 5) is 14.6. The minimum Gasteiger partial charge on any atom is -0.495 e. The van der Waals surface area contributed by atoms with Crippen LogP contribution >= 0.6 is 23.4 Å². The van der Waals surface area contributed by atoms with Crippen LogP contribution < -0.4 is 4.74 Å². The molecule has 0 aliphatic carbocycles. The van der Waals surface area contributed by atoms with Gasteiger partial charge in [-0.1, -0.05) is 42.0 Å². The average molecular weight is 468 g/mol. The molecule has 0 unspecified atom stereocenters. The van der Waals surface area contributed by atoms with E-state index >= 15 is 0 Å². The number of amides is 1. The number of nitrogens with zero attached hydrogens (tertiary/aromatic N) is 1. The van der Waals surface area contributed by atoms with Gasteiger partial charge in [0.05, 0.1) is 17.7 Å². The van der Waals surface area contributed by atoms with Crippen LogP contribution in [0.1, 0.15) is 16.7 Å². The van der Waals surface area contributed by atoms with Crippen molar-refractivity contribution in [3.05, 3.63) is 76.3 Å². The Morgan fingerprint density at radius 3 is 2.39 bits per heavy atom. The van der Waals surface area contributed by atoms with E-state index in [1.54, 1.807) is 35.3 Å². The molecule has 164 valence electrons. The van der Waals surface area contributed by atoms with Gasteiger partial charge >= 0.3 is 6.18 Å². The molecule has 8 heteroatoms. The van der Waals surface area contributed by atoms with Crippen molar-refractivity contribution in [1.29, 1.82) is 0 Å². The summed E-state index contributed by atoms with van der Waals surface area (Å²) >= 11 is 8.06. The maximum Gasteiger partial charge on any atom is 0.416 e. The van der Waals surface area contributed by atoms with Crippen LogP contribution in [0.3, 0.4) is 0 Å². The van der Waals surface area contributed by atoms with Gasteiger partial charge in [0.1, 0.15) is 5.75 Å². The number of hydrogen-bond acceptors (Lipinski definition) is 3. The SMILES string of the molecule is COc1ccc(C(C=Cc2ccc(C(F)(F)F)cc2)=CC(=O)N2CCSCC2)cc1Cl. The van der Waals surface area contributed by atoms with Crippen molar-refractivity contribution in [2.75, 3.05) is 31.7 Å². The van der Waals surface area contributed by atoms with Gasteiger partial charge in [0.15, 0.2) is 0 Å². The summed E-state index contributed by atoms with van der Waals surface area (Å²) in [5, 5.41) is 0.399. The van der Waals surface area contributed by atoms with E-state index in [1.807, 2.05) is 11.8 Å². The Bertz CT molecular complexity index is 981. The van der Waals surface area contributed by atoms with Crippen LogP contribution in [-0.2, 0) is 11.0 Å². The molecule has 1 saturated heterocycles. The van der Waals surface area contributed by atoms with Crippen molar-refractivity contribution < 1.29 is 22.7 Å². The Morgan fingerprint density at radius 2 is 1.81 bits per heavy atom. The Balaban J connectivity index is 1.91. The predicted molar refractivity (Wildman–Crippen MR) is 120 cm³/mol. The van der Waals surface area contributed by atoms with Gasteiger partial charge in [-0.05, 0) is 41.0 Å². The fourth-order valence-electron chi connectivity index (χ4n) is 3.05. The Morgan fingerprint density at radius 1 is 1.13 bits per heavy atom. The van der Waals surface area contributed by atoms with Crippen LogP contribution in [0.4, 0.5) is 13.2 Å². The van der Waals surface area contributed by atoms with E-state index in [0.29, 0.717) is 40.6 Å². The number of thioether (sulfide) groups is 1.